The summed E-state index contributed by atoms with van der Waals surface area (Å²) in [6, 6.07) is 14.0. The van der Waals surface area contributed by atoms with Crippen molar-refractivity contribution < 1.29 is 14.0 Å². The number of nitrogens with zero attached hydrogens (tertiary/aromatic N) is 2. The van der Waals surface area contributed by atoms with Crippen LogP contribution < -0.4 is 0 Å². The number of aromatic amines is 1. The molecule has 0 aliphatic carbocycles. The Morgan fingerprint density at radius 1 is 1.09 bits per heavy atom. The lowest BCUT2D eigenvalue weighted by Gasteiger charge is -2.35. The van der Waals surface area contributed by atoms with E-state index in [1.165, 1.54) is 12.1 Å². The zero-order valence-corrected chi connectivity index (χ0v) is 21.0. The standard InChI is InChI=1S/C27H33ClFN3O2/c1-19(2)32(26(34)27(3,4)18-28)17-25(33)31(16-20-9-11-22(29)12-10-20)14-13-21-15-30-24-8-6-5-7-23(21)24/h5-12,15,19,30H,13-14,16-18H2,1-4H3. The largest absolute Gasteiger partial charge is 0.361 e. The second kappa shape index (κ2) is 11.0. The summed E-state index contributed by atoms with van der Waals surface area (Å²) in [7, 11) is 0. The maximum atomic E-state index is 13.5. The minimum atomic E-state index is -0.766. The molecule has 0 aliphatic rings. The number of hydrogen-bond donors (Lipinski definition) is 1. The highest BCUT2D eigenvalue weighted by molar-refractivity contribution is 6.19. The van der Waals surface area contributed by atoms with Crippen LogP contribution in [0, 0.1) is 11.2 Å². The lowest BCUT2D eigenvalue weighted by atomic mass is 9.93. The second-order valence-electron chi connectivity index (χ2n) is 9.60. The topological polar surface area (TPSA) is 56.4 Å². The number of rotatable bonds is 10. The summed E-state index contributed by atoms with van der Waals surface area (Å²) in [5, 5.41) is 1.12. The first-order valence-corrected chi connectivity index (χ1v) is 12.1. The van der Waals surface area contributed by atoms with Gasteiger partial charge in [-0.25, -0.2) is 4.39 Å². The molecule has 0 unspecified atom stereocenters. The van der Waals surface area contributed by atoms with Crippen molar-refractivity contribution in [1.82, 2.24) is 14.8 Å². The van der Waals surface area contributed by atoms with Gasteiger partial charge in [0.25, 0.3) is 0 Å². The van der Waals surface area contributed by atoms with Crippen molar-refractivity contribution in [1.29, 1.82) is 0 Å². The number of carbonyl (C=O) groups excluding carboxylic acids is 2. The quantitative estimate of drug-likeness (QED) is 0.392. The Kier molecular flexibility index (Phi) is 8.37. The van der Waals surface area contributed by atoms with Gasteiger partial charge < -0.3 is 14.8 Å². The summed E-state index contributed by atoms with van der Waals surface area (Å²) in [4.78, 5) is 33.2. The van der Waals surface area contributed by atoms with E-state index in [0.717, 1.165) is 22.0 Å². The first-order valence-electron chi connectivity index (χ1n) is 11.6. The number of aromatic nitrogens is 1. The lowest BCUT2D eigenvalue weighted by molar-refractivity contribution is -0.147. The molecule has 0 radical (unpaired) electrons. The molecule has 1 aromatic heterocycles. The number of H-pyrrole nitrogens is 1. The van der Waals surface area contributed by atoms with Crippen LogP contribution in [0.1, 0.15) is 38.8 Å². The maximum Gasteiger partial charge on any atom is 0.242 e. The van der Waals surface area contributed by atoms with Crippen molar-refractivity contribution in [3.05, 3.63) is 71.7 Å². The average Bonchev–Trinajstić information content (AvgIpc) is 3.23. The highest BCUT2D eigenvalue weighted by Crippen LogP contribution is 2.23. The van der Waals surface area contributed by atoms with E-state index >= 15 is 0 Å². The van der Waals surface area contributed by atoms with Gasteiger partial charge in [-0.2, -0.15) is 0 Å². The van der Waals surface area contributed by atoms with E-state index in [1.807, 2.05) is 38.2 Å². The van der Waals surface area contributed by atoms with Gasteiger partial charge in [-0.15, -0.1) is 11.6 Å². The monoisotopic (exact) mass is 485 g/mol. The van der Waals surface area contributed by atoms with Crippen LogP contribution >= 0.6 is 11.6 Å². The predicted molar refractivity (Wildman–Crippen MR) is 135 cm³/mol. The second-order valence-corrected chi connectivity index (χ2v) is 9.86. The fourth-order valence-electron chi connectivity index (χ4n) is 3.88. The number of carbonyl (C=O) groups is 2. The number of amides is 2. The fourth-order valence-corrected chi connectivity index (χ4v) is 3.99. The van der Waals surface area contributed by atoms with Crippen LogP contribution in [0.4, 0.5) is 4.39 Å². The number of fused-ring (bicyclic) bond motifs is 1. The number of alkyl halides is 1. The van der Waals surface area contributed by atoms with E-state index in [2.05, 4.69) is 11.1 Å². The molecule has 182 valence electrons. The number of benzene rings is 2. The van der Waals surface area contributed by atoms with E-state index in [4.69, 9.17) is 11.6 Å². The highest BCUT2D eigenvalue weighted by Gasteiger charge is 2.34. The van der Waals surface area contributed by atoms with Crippen LogP contribution in [-0.4, -0.2) is 51.6 Å². The molecule has 1 heterocycles. The third-order valence-corrected chi connectivity index (χ3v) is 6.74. The van der Waals surface area contributed by atoms with E-state index in [-0.39, 0.29) is 36.1 Å². The summed E-state index contributed by atoms with van der Waals surface area (Å²) in [5.41, 5.74) is 2.23. The number of hydrogen-bond acceptors (Lipinski definition) is 2. The Hall–Kier alpha value is -2.86. The van der Waals surface area contributed by atoms with Crippen molar-refractivity contribution >= 4 is 34.3 Å². The van der Waals surface area contributed by atoms with E-state index < -0.39 is 5.41 Å². The Balaban J connectivity index is 1.81. The molecular weight excluding hydrogens is 453 g/mol. The van der Waals surface area contributed by atoms with E-state index in [0.29, 0.717) is 19.5 Å². The molecule has 0 saturated carbocycles. The van der Waals surface area contributed by atoms with Gasteiger partial charge in [0.05, 0.1) is 5.41 Å². The lowest BCUT2D eigenvalue weighted by Crippen LogP contribution is -2.50. The molecule has 34 heavy (non-hydrogen) atoms. The number of halogens is 2. The van der Waals surface area contributed by atoms with Crippen molar-refractivity contribution in [2.75, 3.05) is 19.0 Å². The first-order chi connectivity index (χ1) is 16.1. The van der Waals surface area contributed by atoms with Crippen LogP contribution in [0.2, 0.25) is 0 Å². The predicted octanol–water partition coefficient (Wildman–Crippen LogP) is 5.38. The molecule has 1 N–H and O–H groups in total. The van der Waals surface area contributed by atoms with Gasteiger partial charge >= 0.3 is 0 Å². The highest BCUT2D eigenvalue weighted by atomic mass is 35.5. The minimum Gasteiger partial charge on any atom is -0.361 e. The third kappa shape index (κ3) is 6.17. The van der Waals surface area contributed by atoms with Gasteiger partial charge in [0.2, 0.25) is 11.8 Å². The minimum absolute atomic E-state index is 0.0358. The van der Waals surface area contributed by atoms with Crippen LogP contribution in [0.5, 0.6) is 0 Å². The summed E-state index contributed by atoms with van der Waals surface area (Å²) < 4.78 is 13.4. The molecule has 0 atom stereocenters. The molecule has 0 fully saturated rings. The Labute approximate surface area is 205 Å². The number of nitrogens with one attached hydrogen (secondary N) is 1. The summed E-state index contributed by atoms with van der Waals surface area (Å²) >= 11 is 6.03. The molecule has 3 rings (SSSR count). The van der Waals surface area contributed by atoms with Gasteiger partial charge in [-0.3, -0.25) is 9.59 Å². The van der Waals surface area contributed by atoms with Gasteiger partial charge in [0, 0.05) is 42.1 Å². The van der Waals surface area contributed by atoms with Crippen LogP contribution in [-0.2, 0) is 22.6 Å². The molecule has 0 bridgehead atoms. The molecule has 0 aliphatic heterocycles. The summed E-state index contributed by atoms with van der Waals surface area (Å²) in [5.74, 6) is -0.454. The zero-order chi connectivity index (χ0) is 24.9. The van der Waals surface area contributed by atoms with Crippen molar-refractivity contribution in [2.45, 2.75) is 46.7 Å². The Morgan fingerprint density at radius 2 is 1.76 bits per heavy atom. The van der Waals surface area contributed by atoms with Gasteiger partial charge in [0.15, 0.2) is 0 Å². The fraction of sp³-hybridized carbons (Fsp3) is 0.407. The van der Waals surface area contributed by atoms with E-state index in [1.54, 1.807) is 35.8 Å². The van der Waals surface area contributed by atoms with Gasteiger partial charge in [-0.1, -0.05) is 30.3 Å². The molecule has 2 amide bonds. The van der Waals surface area contributed by atoms with E-state index in [9.17, 15) is 14.0 Å². The molecule has 5 nitrogen and oxygen atoms in total. The Morgan fingerprint density at radius 3 is 2.41 bits per heavy atom. The smallest absolute Gasteiger partial charge is 0.242 e. The zero-order valence-electron chi connectivity index (χ0n) is 20.3. The van der Waals surface area contributed by atoms with Crippen molar-refractivity contribution in [3.8, 4) is 0 Å². The van der Waals surface area contributed by atoms with Gasteiger partial charge in [-0.05, 0) is 63.4 Å². The summed E-state index contributed by atoms with van der Waals surface area (Å²) in [6.07, 6.45) is 2.62. The first kappa shape index (κ1) is 25.8. The maximum absolute atomic E-state index is 13.5. The normalized spacial score (nSPS) is 11.7. The Bertz CT molecular complexity index is 1120. The third-order valence-electron chi connectivity index (χ3n) is 6.07. The van der Waals surface area contributed by atoms with Crippen molar-refractivity contribution in [3.63, 3.8) is 0 Å². The van der Waals surface area contributed by atoms with Crippen LogP contribution in [0.3, 0.4) is 0 Å². The SMILES string of the molecule is CC(C)N(CC(=O)N(CCc1c[nH]c2ccccc12)Cc1ccc(F)cc1)C(=O)C(C)(C)CCl. The van der Waals surface area contributed by atoms with Gasteiger partial charge in [0.1, 0.15) is 12.4 Å². The average molecular weight is 486 g/mol. The molecule has 0 saturated heterocycles. The number of para-hydroxylation sites is 1. The summed E-state index contributed by atoms with van der Waals surface area (Å²) in [6.45, 7) is 8.13. The van der Waals surface area contributed by atoms with Crippen LogP contribution in [0.15, 0.2) is 54.7 Å². The molecule has 7 heteroatoms. The molecule has 2 aromatic carbocycles. The van der Waals surface area contributed by atoms with Crippen molar-refractivity contribution in [2.24, 2.45) is 5.41 Å². The van der Waals surface area contributed by atoms with Crippen LogP contribution in [0.25, 0.3) is 10.9 Å². The molecular formula is C27H33ClFN3O2. The molecule has 0 spiro atoms. The molecule has 3 aromatic rings.